The molecule has 2 heterocycles. The summed E-state index contributed by atoms with van der Waals surface area (Å²) in [6.45, 7) is -0.310. The number of benzene rings is 2. The average molecular weight is 568 g/mol. The number of hydrogen-bond acceptors (Lipinski definition) is 7. The molecule has 10 nitrogen and oxygen atoms in total. The van der Waals surface area contributed by atoms with Crippen molar-refractivity contribution in [2.75, 3.05) is 19.0 Å². The minimum absolute atomic E-state index is 0.140. The van der Waals surface area contributed by atoms with Gasteiger partial charge in [0.1, 0.15) is 18.8 Å². The highest BCUT2D eigenvalue weighted by molar-refractivity contribution is 9.10. The number of aromatic nitrogens is 2. The molecule has 37 heavy (non-hydrogen) atoms. The molecule has 5 rings (SSSR count). The molecule has 1 aliphatic heterocycles. The van der Waals surface area contributed by atoms with Gasteiger partial charge in [0.05, 0.1) is 13.0 Å². The third kappa shape index (κ3) is 5.36. The maximum Gasteiger partial charge on any atom is 0.327 e. The summed E-state index contributed by atoms with van der Waals surface area (Å²) in [6.07, 6.45) is 3.15. The van der Waals surface area contributed by atoms with Gasteiger partial charge in [-0.2, -0.15) is 4.98 Å². The summed E-state index contributed by atoms with van der Waals surface area (Å²) in [5.41, 5.74) is 1.34. The Kier molecular flexibility index (Phi) is 7.22. The third-order valence-corrected chi connectivity index (χ3v) is 7.27. The molecule has 2 aromatic carbocycles. The maximum atomic E-state index is 13.5. The Morgan fingerprint density at radius 3 is 2.57 bits per heavy atom. The Morgan fingerprint density at radius 2 is 1.84 bits per heavy atom. The molecule has 0 spiro atoms. The molecule has 4 amide bonds. The lowest BCUT2D eigenvalue weighted by Gasteiger charge is -2.46. The first-order valence-electron chi connectivity index (χ1n) is 12.1. The Morgan fingerprint density at radius 1 is 1.11 bits per heavy atom. The fourth-order valence-electron chi connectivity index (χ4n) is 4.89. The van der Waals surface area contributed by atoms with Crippen molar-refractivity contribution < 1.29 is 23.6 Å². The number of anilines is 1. The molecule has 11 heteroatoms. The van der Waals surface area contributed by atoms with Crippen molar-refractivity contribution in [3.8, 4) is 17.1 Å². The Balaban J connectivity index is 1.33. The molecule has 2 fully saturated rings. The number of nitrogens with one attached hydrogen (secondary N) is 1. The van der Waals surface area contributed by atoms with E-state index in [4.69, 9.17) is 9.26 Å². The predicted molar refractivity (Wildman–Crippen MR) is 137 cm³/mol. The SMILES string of the molecule is COc1ccc(-c2noc(CN3C(=O)C4CCCCC4N(CC(=O)Nc4ccc(Br)cc4)C3=O)n2)cc1. The van der Waals surface area contributed by atoms with Gasteiger partial charge in [-0.05, 0) is 61.4 Å². The van der Waals surface area contributed by atoms with Gasteiger partial charge in [0.15, 0.2) is 0 Å². The lowest BCUT2D eigenvalue weighted by molar-refractivity contribution is -0.142. The zero-order chi connectivity index (χ0) is 25.9. The zero-order valence-electron chi connectivity index (χ0n) is 20.2. The van der Waals surface area contributed by atoms with Crippen molar-refractivity contribution in [3.63, 3.8) is 0 Å². The molecule has 2 unspecified atom stereocenters. The summed E-state index contributed by atoms with van der Waals surface area (Å²) >= 11 is 3.37. The third-order valence-electron chi connectivity index (χ3n) is 6.74. The number of amides is 4. The van der Waals surface area contributed by atoms with Crippen molar-refractivity contribution in [3.05, 3.63) is 58.9 Å². The van der Waals surface area contributed by atoms with Crippen molar-refractivity contribution in [1.82, 2.24) is 19.9 Å². The van der Waals surface area contributed by atoms with E-state index in [1.807, 2.05) is 12.1 Å². The van der Waals surface area contributed by atoms with Crippen LogP contribution in [0.1, 0.15) is 31.6 Å². The number of carbonyl (C=O) groups excluding carboxylic acids is 3. The molecule has 2 aliphatic rings. The molecule has 1 saturated heterocycles. The highest BCUT2D eigenvalue weighted by atomic mass is 79.9. The zero-order valence-corrected chi connectivity index (χ0v) is 21.8. The van der Waals surface area contributed by atoms with Gasteiger partial charge >= 0.3 is 6.03 Å². The highest BCUT2D eigenvalue weighted by Crippen LogP contribution is 2.35. The fourth-order valence-corrected chi connectivity index (χ4v) is 5.16. The van der Waals surface area contributed by atoms with Gasteiger partial charge in [0, 0.05) is 21.8 Å². The number of imide groups is 1. The molecule has 1 saturated carbocycles. The van der Waals surface area contributed by atoms with Crippen LogP contribution in [0.5, 0.6) is 5.75 Å². The van der Waals surface area contributed by atoms with E-state index in [1.54, 1.807) is 43.5 Å². The number of carbonyl (C=O) groups is 3. The smallest absolute Gasteiger partial charge is 0.327 e. The average Bonchev–Trinajstić information content (AvgIpc) is 3.39. The second-order valence-electron chi connectivity index (χ2n) is 9.09. The lowest BCUT2D eigenvalue weighted by Crippen LogP contribution is -2.63. The second-order valence-corrected chi connectivity index (χ2v) is 10.0. The van der Waals surface area contributed by atoms with Crippen molar-refractivity contribution in [2.45, 2.75) is 38.3 Å². The number of rotatable bonds is 7. The van der Waals surface area contributed by atoms with E-state index in [-0.39, 0.29) is 42.8 Å². The van der Waals surface area contributed by atoms with E-state index < -0.39 is 6.03 Å². The molecule has 0 radical (unpaired) electrons. The van der Waals surface area contributed by atoms with E-state index >= 15 is 0 Å². The number of methoxy groups -OCH3 is 1. The van der Waals surface area contributed by atoms with Crippen LogP contribution in [-0.4, -0.2) is 57.5 Å². The molecular formula is C26H26BrN5O5. The van der Waals surface area contributed by atoms with E-state index in [2.05, 4.69) is 31.4 Å². The minimum Gasteiger partial charge on any atom is -0.497 e. The van der Waals surface area contributed by atoms with Crippen LogP contribution in [0, 0.1) is 5.92 Å². The molecule has 2 atom stereocenters. The summed E-state index contributed by atoms with van der Waals surface area (Å²) in [4.78, 5) is 46.8. The number of urea groups is 1. The maximum absolute atomic E-state index is 13.5. The molecule has 1 aromatic heterocycles. The van der Waals surface area contributed by atoms with Crippen molar-refractivity contribution in [1.29, 1.82) is 0 Å². The molecule has 3 aromatic rings. The Labute approximate surface area is 222 Å². The van der Waals surface area contributed by atoms with Crippen LogP contribution >= 0.6 is 15.9 Å². The molecule has 1 N–H and O–H groups in total. The van der Waals surface area contributed by atoms with Crippen LogP contribution in [0.15, 0.2) is 57.5 Å². The van der Waals surface area contributed by atoms with Gasteiger partial charge in [-0.1, -0.05) is 33.9 Å². The lowest BCUT2D eigenvalue weighted by atomic mass is 9.81. The number of ether oxygens (including phenoxy) is 1. The van der Waals surface area contributed by atoms with E-state index in [0.29, 0.717) is 35.7 Å². The van der Waals surface area contributed by atoms with Crippen molar-refractivity contribution in [2.24, 2.45) is 5.92 Å². The van der Waals surface area contributed by atoms with E-state index in [0.717, 1.165) is 22.2 Å². The van der Waals surface area contributed by atoms with E-state index in [9.17, 15) is 14.4 Å². The quantitative estimate of drug-likeness (QED) is 0.447. The largest absolute Gasteiger partial charge is 0.497 e. The highest BCUT2D eigenvalue weighted by Gasteiger charge is 2.47. The molecule has 0 bridgehead atoms. The van der Waals surface area contributed by atoms with Gasteiger partial charge in [-0.15, -0.1) is 0 Å². The summed E-state index contributed by atoms with van der Waals surface area (Å²) in [7, 11) is 1.58. The van der Waals surface area contributed by atoms with Gasteiger partial charge in [-0.3, -0.25) is 14.5 Å². The molecular weight excluding hydrogens is 542 g/mol. The van der Waals surface area contributed by atoms with Crippen LogP contribution in [0.3, 0.4) is 0 Å². The van der Waals surface area contributed by atoms with Crippen LogP contribution in [0.25, 0.3) is 11.4 Å². The first kappa shape index (κ1) is 24.9. The summed E-state index contributed by atoms with van der Waals surface area (Å²) in [5.74, 6) is 0.230. The van der Waals surface area contributed by atoms with E-state index in [1.165, 1.54) is 4.90 Å². The standard InChI is InChI=1S/C26H26BrN5O5/c1-36-19-12-6-16(7-13-19)24-29-23(37-30-24)15-32-25(34)20-4-2-3-5-21(20)31(26(32)35)14-22(33)28-18-10-8-17(27)9-11-18/h6-13,20-21H,2-5,14-15H2,1H3,(H,28,33). The first-order valence-corrected chi connectivity index (χ1v) is 12.9. The Bertz CT molecular complexity index is 1290. The van der Waals surface area contributed by atoms with Crippen LogP contribution in [0.4, 0.5) is 10.5 Å². The second kappa shape index (κ2) is 10.7. The number of hydrogen-bond donors (Lipinski definition) is 1. The van der Waals surface area contributed by atoms with Crippen LogP contribution < -0.4 is 10.1 Å². The van der Waals surface area contributed by atoms with Crippen LogP contribution in [0.2, 0.25) is 0 Å². The summed E-state index contributed by atoms with van der Waals surface area (Å²) in [6, 6.07) is 13.5. The molecule has 192 valence electrons. The Hall–Kier alpha value is -3.73. The number of nitrogens with zero attached hydrogens (tertiary/aromatic N) is 4. The minimum atomic E-state index is -0.525. The number of halogens is 1. The number of fused-ring (bicyclic) bond motifs is 1. The van der Waals surface area contributed by atoms with Gasteiger partial charge < -0.3 is 19.5 Å². The van der Waals surface area contributed by atoms with Gasteiger partial charge in [0.25, 0.3) is 0 Å². The summed E-state index contributed by atoms with van der Waals surface area (Å²) < 4.78 is 11.4. The van der Waals surface area contributed by atoms with Crippen molar-refractivity contribution >= 4 is 39.5 Å². The summed E-state index contributed by atoms with van der Waals surface area (Å²) in [5, 5.41) is 6.83. The fraction of sp³-hybridized carbons (Fsp3) is 0.346. The van der Waals surface area contributed by atoms with Gasteiger partial charge in [0.2, 0.25) is 23.5 Å². The van der Waals surface area contributed by atoms with Gasteiger partial charge in [-0.25, -0.2) is 4.79 Å². The predicted octanol–water partition coefficient (Wildman–Crippen LogP) is 4.47. The first-order chi connectivity index (χ1) is 17.9. The van der Waals surface area contributed by atoms with Crippen LogP contribution in [-0.2, 0) is 16.1 Å². The monoisotopic (exact) mass is 567 g/mol. The topological polar surface area (TPSA) is 118 Å². The normalized spacial score (nSPS) is 19.5. The molecule has 1 aliphatic carbocycles.